The maximum Gasteiger partial charge on any atom is 0.280 e. The Hall–Kier alpha value is -3.61. The van der Waals surface area contributed by atoms with Crippen LogP contribution in [0.5, 0.6) is 0 Å². The van der Waals surface area contributed by atoms with E-state index in [4.69, 9.17) is 4.98 Å². The van der Waals surface area contributed by atoms with Gasteiger partial charge in [0, 0.05) is 10.0 Å². The fourth-order valence-electron chi connectivity index (χ4n) is 3.69. The van der Waals surface area contributed by atoms with Crippen molar-refractivity contribution in [2.75, 3.05) is 5.01 Å². The van der Waals surface area contributed by atoms with Gasteiger partial charge in [0.05, 0.1) is 16.4 Å². The van der Waals surface area contributed by atoms with Gasteiger partial charge in [0.25, 0.3) is 5.91 Å². The Morgan fingerprint density at radius 3 is 2.40 bits per heavy atom. The highest BCUT2D eigenvalue weighted by Crippen LogP contribution is 2.31. The highest BCUT2D eigenvalue weighted by molar-refractivity contribution is 9.10. The number of benzene rings is 4. The molecule has 6 heteroatoms. The summed E-state index contributed by atoms with van der Waals surface area (Å²) in [4.78, 5) is 18.3. The molecule has 0 N–H and O–H groups in total. The number of hydrogen-bond donors (Lipinski definition) is 0. The summed E-state index contributed by atoms with van der Waals surface area (Å²) in [6.45, 7) is 2.05. The van der Waals surface area contributed by atoms with E-state index in [1.54, 1.807) is 6.21 Å². The molecule has 0 bridgehead atoms. The van der Waals surface area contributed by atoms with E-state index in [1.807, 2.05) is 85.8 Å². The van der Waals surface area contributed by atoms with Gasteiger partial charge in [0.2, 0.25) is 5.13 Å². The zero-order valence-corrected chi connectivity index (χ0v) is 21.5. The molecular weight excluding hydrogens is 518 g/mol. The molecule has 0 atom stereocenters. The lowest BCUT2D eigenvalue weighted by molar-refractivity contribution is 0.0988. The zero-order valence-electron chi connectivity index (χ0n) is 19.1. The molecular formula is C29H22BrN3OS. The van der Waals surface area contributed by atoms with E-state index in [1.165, 1.54) is 21.9 Å². The summed E-state index contributed by atoms with van der Waals surface area (Å²) < 4.78 is 2.01. The molecule has 35 heavy (non-hydrogen) atoms. The van der Waals surface area contributed by atoms with Gasteiger partial charge >= 0.3 is 0 Å². The molecule has 1 heterocycles. The minimum Gasteiger partial charge on any atom is -0.267 e. The van der Waals surface area contributed by atoms with Crippen LogP contribution in [0.1, 0.15) is 32.6 Å². The number of aromatic nitrogens is 1. The smallest absolute Gasteiger partial charge is 0.267 e. The lowest BCUT2D eigenvalue weighted by Gasteiger charge is -2.14. The van der Waals surface area contributed by atoms with Crippen LogP contribution in [-0.4, -0.2) is 17.1 Å². The average molecular weight is 540 g/mol. The molecule has 172 valence electrons. The molecule has 0 unspecified atom stereocenters. The topological polar surface area (TPSA) is 45.6 Å². The first kappa shape index (κ1) is 23.1. The Balaban J connectivity index is 1.46. The van der Waals surface area contributed by atoms with Crippen LogP contribution >= 0.6 is 27.3 Å². The van der Waals surface area contributed by atoms with Crippen LogP contribution in [0.4, 0.5) is 5.13 Å². The van der Waals surface area contributed by atoms with Gasteiger partial charge in [0.15, 0.2) is 0 Å². The molecule has 4 nitrogen and oxygen atoms in total. The summed E-state index contributed by atoms with van der Waals surface area (Å²) in [5.74, 6) is -0.222. The van der Waals surface area contributed by atoms with Crippen LogP contribution in [0.3, 0.4) is 0 Å². The number of hydrogen-bond acceptors (Lipinski definition) is 4. The van der Waals surface area contributed by atoms with Gasteiger partial charge in [0.1, 0.15) is 0 Å². The van der Waals surface area contributed by atoms with Crippen molar-refractivity contribution in [3.05, 3.63) is 129 Å². The minimum absolute atomic E-state index is 0.222. The number of carbonyl (C=O) groups is 1. The molecule has 0 saturated heterocycles. The van der Waals surface area contributed by atoms with Crippen LogP contribution < -0.4 is 5.01 Å². The molecule has 4 aromatic carbocycles. The number of hydrazone groups is 1. The monoisotopic (exact) mass is 539 g/mol. The van der Waals surface area contributed by atoms with Gasteiger partial charge < -0.3 is 0 Å². The molecule has 0 aliphatic rings. The van der Waals surface area contributed by atoms with Crippen molar-refractivity contribution in [3.8, 4) is 0 Å². The van der Waals surface area contributed by atoms with Gasteiger partial charge in [-0.1, -0.05) is 87.9 Å². The number of halogens is 1. The zero-order chi connectivity index (χ0) is 24.2. The third-order valence-electron chi connectivity index (χ3n) is 5.55. The highest BCUT2D eigenvalue weighted by Gasteiger charge is 2.21. The molecule has 0 aliphatic heterocycles. The molecule has 0 aliphatic carbocycles. The standard InChI is InChI=1S/C29H22BrN3OS/c1-20-7-16-26-27(17-20)35-29(32-26)33(31-19-23-10-14-25(30)15-11-23)28(34)24-12-8-22(9-13-24)18-21-5-3-2-4-6-21/h2-17,19H,18H2,1H3/b31-19+. The van der Waals surface area contributed by atoms with Crippen LogP contribution in [0.2, 0.25) is 0 Å². The number of carbonyl (C=O) groups excluding carboxylic acids is 1. The number of thiazole rings is 1. The molecule has 0 saturated carbocycles. The predicted octanol–water partition coefficient (Wildman–Crippen LogP) is 7.64. The second-order valence-electron chi connectivity index (χ2n) is 8.24. The number of nitrogens with zero attached hydrogens (tertiary/aromatic N) is 3. The lowest BCUT2D eigenvalue weighted by Crippen LogP contribution is -2.25. The fourth-order valence-corrected chi connectivity index (χ4v) is 4.98. The van der Waals surface area contributed by atoms with Crippen LogP contribution in [0, 0.1) is 6.92 Å². The Bertz CT molecular complexity index is 1490. The van der Waals surface area contributed by atoms with Crippen molar-refractivity contribution in [1.29, 1.82) is 0 Å². The van der Waals surface area contributed by atoms with Crippen molar-refractivity contribution in [2.45, 2.75) is 13.3 Å². The average Bonchev–Trinajstić information content (AvgIpc) is 3.29. The first-order valence-corrected chi connectivity index (χ1v) is 12.8. The maximum absolute atomic E-state index is 13.6. The van der Waals surface area contributed by atoms with E-state index < -0.39 is 0 Å². The first-order valence-electron chi connectivity index (χ1n) is 11.2. The first-order chi connectivity index (χ1) is 17.0. The largest absolute Gasteiger partial charge is 0.280 e. The second kappa shape index (κ2) is 10.3. The van der Waals surface area contributed by atoms with Crippen molar-refractivity contribution >= 4 is 54.7 Å². The molecule has 5 aromatic rings. The van der Waals surface area contributed by atoms with Gasteiger partial charge in [-0.25, -0.2) is 4.98 Å². The molecule has 0 spiro atoms. The quantitative estimate of drug-likeness (QED) is 0.164. The fraction of sp³-hybridized carbons (Fsp3) is 0.0690. The maximum atomic E-state index is 13.6. The van der Waals surface area contributed by atoms with Gasteiger partial charge in [-0.3, -0.25) is 4.79 Å². The van der Waals surface area contributed by atoms with E-state index >= 15 is 0 Å². The van der Waals surface area contributed by atoms with Crippen LogP contribution in [0.25, 0.3) is 10.2 Å². The second-order valence-corrected chi connectivity index (χ2v) is 10.2. The molecule has 1 amide bonds. The number of aryl methyl sites for hydroxylation is 1. The molecule has 0 radical (unpaired) electrons. The van der Waals surface area contributed by atoms with Crippen LogP contribution in [0.15, 0.2) is 107 Å². The van der Waals surface area contributed by atoms with Crippen molar-refractivity contribution in [2.24, 2.45) is 5.10 Å². The normalized spacial score (nSPS) is 11.3. The van der Waals surface area contributed by atoms with Gasteiger partial charge in [-0.05, 0) is 72.0 Å². The third kappa shape index (κ3) is 5.56. The molecule has 0 fully saturated rings. The van der Waals surface area contributed by atoms with E-state index in [2.05, 4.69) is 39.2 Å². The molecule has 5 rings (SSSR count). The summed E-state index contributed by atoms with van der Waals surface area (Å²) in [5.41, 5.74) is 5.83. The summed E-state index contributed by atoms with van der Waals surface area (Å²) in [6.07, 6.45) is 2.50. The number of amides is 1. The van der Waals surface area contributed by atoms with Crippen molar-refractivity contribution in [1.82, 2.24) is 4.98 Å². The van der Waals surface area contributed by atoms with Crippen molar-refractivity contribution < 1.29 is 4.79 Å². The predicted molar refractivity (Wildman–Crippen MR) is 149 cm³/mol. The van der Waals surface area contributed by atoms with Crippen LogP contribution in [-0.2, 0) is 6.42 Å². The summed E-state index contributed by atoms with van der Waals surface area (Å²) in [5, 5.41) is 6.51. The Kier molecular flexibility index (Phi) is 6.84. The SMILES string of the molecule is Cc1ccc2nc(N(/N=C/c3ccc(Br)cc3)C(=O)c3ccc(Cc4ccccc4)cc3)sc2c1. The van der Waals surface area contributed by atoms with E-state index in [0.717, 1.165) is 37.8 Å². The highest BCUT2D eigenvalue weighted by atomic mass is 79.9. The summed E-state index contributed by atoms with van der Waals surface area (Å²) >= 11 is 4.91. The summed E-state index contributed by atoms with van der Waals surface area (Å²) in [6, 6.07) is 31.9. The Labute approximate surface area is 216 Å². The van der Waals surface area contributed by atoms with Gasteiger partial charge in [-0.2, -0.15) is 10.1 Å². The van der Waals surface area contributed by atoms with E-state index in [0.29, 0.717) is 10.7 Å². The van der Waals surface area contributed by atoms with E-state index in [-0.39, 0.29) is 5.91 Å². The summed E-state index contributed by atoms with van der Waals surface area (Å²) in [7, 11) is 0. The third-order valence-corrected chi connectivity index (χ3v) is 7.07. The van der Waals surface area contributed by atoms with Gasteiger partial charge in [-0.15, -0.1) is 0 Å². The number of anilines is 1. The molecule has 1 aromatic heterocycles. The minimum atomic E-state index is -0.222. The van der Waals surface area contributed by atoms with Crippen molar-refractivity contribution in [3.63, 3.8) is 0 Å². The Morgan fingerprint density at radius 2 is 1.66 bits per heavy atom. The number of rotatable bonds is 6. The number of fused-ring (bicyclic) bond motifs is 1. The van der Waals surface area contributed by atoms with E-state index in [9.17, 15) is 4.79 Å². The Morgan fingerprint density at radius 1 is 0.943 bits per heavy atom. The lowest BCUT2D eigenvalue weighted by atomic mass is 10.0.